The van der Waals surface area contributed by atoms with E-state index < -0.39 is 19.9 Å². The van der Waals surface area contributed by atoms with Gasteiger partial charge >= 0.3 is 0 Å². The Labute approximate surface area is 223 Å². The van der Waals surface area contributed by atoms with Crippen molar-refractivity contribution in [1.82, 2.24) is 4.90 Å². The van der Waals surface area contributed by atoms with Crippen LogP contribution in [-0.4, -0.2) is 40.7 Å². The highest BCUT2D eigenvalue weighted by molar-refractivity contribution is 7.91. The van der Waals surface area contributed by atoms with Gasteiger partial charge in [-0.2, -0.15) is 5.26 Å². The SMILES string of the molecule is CC(C)c1c(C2CCN(C(=O)c3ccc(C#N)cc3)CC2)cc(S(=O)(=O)c2ccccc2)cc1S(N)(=O)=O. The summed E-state index contributed by atoms with van der Waals surface area (Å²) >= 11 is 0. The number of hydrogen-bond acceptors (Lipinski definition) is 6. The van der Waals surface area contributed by atoms with Gasteiger partial charge in [0, 0.05) is 18.7 Å². The van der Waals surface area contributed by atoms with Gasteiger partial charge in [-0.15, -0.1) is 0 Å². The van der Waals surface area contributed by atoms with E-state index in [0.717, 1.165) is 0 Å². The van der Waals surface area contributed by atoms with Crippen molar-refractivity contribution in [2.24, 2.45) is 5.14 Å². The minimum Gasteiger partial charge on any atom is -0.339 e. The van der Waals surface area contributed by atoms with Crippen LogP contribution in [-0.2, 0) is 19.9 Å². The largest absolute Gasteiger partial charge is 0.339 e. The molecule has 0 atom stereocenters. The van der Waals surface area contributed by atoms with Crippen LogP contribution >= 0.6 is 0 Å². The van der Waals surface area contributed by atoms with Gasteiger partial charge in [0.05, 0.1) is 26.3 Å². The zero-order valence-electron chi connectivity index (χ0n) is 21.2. The molecule has 10 heteroatoms. The van der Waals surface area contributed by atoms with Crippen molar-refractivity contribution >= 4 is 25.8 Å². The van der Waals surface area contributed by atoms with Crippen LogP contribution in [0.4, 0.5) is 0 Å². The van der Waals surface area contributed by atoms with Crippen LogP contribution in [0.2, 0.25) is 0 Å². The molecule has 198 valence electrons. The van der Waals surface area contributed by atoms with Gasteiger partial charge in [-0.05, 0) is 84.3 Å². The van der Waals surface area contributed by atoms with E-state index in [2.05, 4.69) is 0 Å². The summed E-state index contributed by atoms with van der Waals surface area (Å²) in [5.74, 6) is -0.545. The molecule has 0 saturated carbocycles. The van der Waals surface area contributed by atoms with E-state index in [0.29, 0.717) is 48.2 Å². The first-order chi connectivity index (χ1) is 17.9. The molecule has 2 N–H and O–H groups in total. The lowest BCUT2D eigenvalue weighted by Crippen LogP contribution is -2.38. The van der Waals surface area contributed by atoms with E-state index in [1.807, 2.05) is 19.9 Å². The predicted octanol–water partition coefficient (Wildman–Crippen LogP) is 4.18. The number of piperidine rings is 1. The van der Waals surface area contributed by atoms with Gasteiger partial charge in [-0.25, -0.2) is 22.0 Å². The molecule has 4 rings (SSSR count). The van der Waals surface area contributed by atoms with Crippen molar-refractivity contribution in [3.63, 3.8) is 0 Å². The Hall–Kier alpha value is -3.52. The first kappa shape index (κ1) is 27.5. The van der Waals surface area contributed by atoms with E-state index in [1.54, 1.807) is 53.4 Å². The molecule has 3 aromatic rings. The Morgan fingerprint density at radius 2 is 1.55 bits per heavy atom. The number of benzene rings is 3. The number of nitrogens with zero attached hydrogens (tertiary/aromatic N) is 2. The summed E-state index contributed by atoms with van der Waals surface area (Å²) in [5.41, 5.74) is 2.10. The maximum absolute atomic E-state index is 13.5. The Bertz CT molecular complexity index is 1600. The molecule has 0 aromatic heterocycles. The van der Waals surface area contributed by atoms with E-state index in [1.165, 1.54) is 18.2 Å². The Morgan fingerprint density at radius 3 is 2.08 bits per heavy atom. The first-order valence-corrected chi connectivity index (χ1v) is 15.3. The Morgan fingerprint density at radius 1 is 0.947 bits per heavy atom. The third-order valence-electron chi connectivity index (χ3n) is 6.88. The average Bonchev–Trinajstić information content (AvgIpc) is 2.92. The van der Waals surface area contributed by atoms with Crippen LogP contribution < -0.4 is 5.14 Å². The number of carbonyl (C=O) groups excluding carboxylic acids is 1. The third kappa shape index (κ3) is 5.50. The molecule has 38 heavy (non-hydrogen) atoms. The van der Waals surface area contributed by atoms with Gasteiger partial charge in [-0.1, -0.05) is 32.0 Å². The molecule has 1 aliphatic heterocycles. The van der Waals surface area contributed by atoms with Crippen LogP contribution in [0.3, 0.4) is 0 Å². The van der Waals surface area contributed by atoms with Crippen molar-refractivity contribution in [2.45, 2.75) is 53.2 Å². The van der Waals surface area contributed by atoms with Crippen LogP contribution in [0.25, 0.3) is 0 Å². The van der Waals surface area contributed by atoms with Crippen LogP contribution in [0.5, 0.6) is 0 Å². The van der Waals surface area contributed by atoms with Crippen LogP contribution in [0.15, 0.2) is 81.4 Å². The molecule has 1 heterocycles. The van der Waals surface area contributed by atoms with Crippen molar-refractivity contribution in [1.29, 1.82) is 5.26 Å². The van der Waals surface area contributed by atoms with E-state index in [4.69, 9.17) is 10.4 Å². The number of carbonyl (C=O) groups is 1. The zero-order chi connectivity index (χ0) is 27.7. The number of likely N-dealkylation sites (tertiary alicyclic amines) is 1. The summed E-state index contributed by atoms with van der Waals surface area (Å²) in [6.45, 7) is 4.54. The Balaban J connectivity index is 1.72. The molecule has 0 aliphatic carbocycles. The second kappa shape index (κ2) is 10.7. The molecule has 1 fully saturated rings. The van der Waals surface area contributed by atoms with Gasteiger partial charge in [0.15, 0.2) is 0 Å². The van der Waals surface area contributed by atoms with E-state index >= 15 is 0 Å². The van der Waals surface area contributed by atoms with Crippen molar-refractivity contribution in [3.8, 4) is 6.07 Å². The lowest BCUT2D eigenvalue weighted by atomic mass is 9.83. The van der Waals surface area contributed by atoms with Crippen LogP contribution in [0.1, 0.15) is 65.6 Å². The molecule has 0 bridgehead atoms. The predicted molar refractivity (Wildman–Crippen MR) is 143 cm³/mol. The fourth-order valence-electron chi connectivity index (χ4n) is 4.97. The second-order valence-electron chi connectivity index (χ2n) is 9.70. The number of nitrogens with two attached hydrogens (primary N) is 1. The lowest BCUT2D eigenvalue weighted by Gasteiger charge is -2.34. The van der Waals surface area contributed by atoms with Crippen molar-refractivity contribution in [2.75, 3.05) is 13.1 Å². The lowest BCUT2D eigenvalue weighted by molar-refractivity contribution is 0.0712. The number of primary sulfonamides is 1. The molecule has 1 amide bonds. The molecule has 8 nitrogen and oxygen atoms in total. The van der Waals surface area contributed by atoms with Gasteiger partial charge in [0.1, 0.15) is 0 Å². The number of amides is 1. The molecular formula is C28H29N3O5S2. The first-order valence-electron chi connectivity index (χ1n) is 12.2. The molecule has 0 unspecified atom stereocenters. The highest BCUT2D eigenvalue weighted by Gasteiger charge is 2.32. The smallest absolute Gasteiger partial charge is 0.253 e. The quantitative estimate of drug-likeness (QED) is 0.488. The fourth-order valence-corrected chi connectivity index (χ4v) is 7.34. The Kier molecular flexibility index (Phi) is 7.74. The minimum atomic E-state index is -4.22. The summed E-state index contributed by atoms with van der Waals surface area (Å²) in [7, 11) is -8.22. The summed E-state index contributed by atoms with van der Waals surface area (Å²) < 4.78 is 52.3. The molecule has 0 radical (unpaired) electrons. The molecule has 1 saturated heterocycles. The molecule has 1 aliphatic rings. The minimum absolute atomic E-state index is 0.0615. The molecular weight excluding hydrogens is 522 g/mol. The summed E-state index contributed by atoms with van der Waals surface area (Å²) in [4.78, 5) is 14.5. The maximum Gasteiger partial charge on any atom is 0.253 e. The van der Waals surface area contributed by atoms with E-state index in [9.17, 15) is 21.6 Å². The molecule has 0 spiro atoms. The van der Waals surface area contributed by atoms with Crippen molar-refractivity contribution < 1.29 is 21.6 Å². The van der Waals surface area contributed by atoms with Crippen molar-refractivity contribution in [3.05, 3.63) is 89.0 Å². The maximum atomic E-state index is 13.5. The number of nitriles is 1. The highest BCUT2D eigenvalue weighted by Crippen LogP contribution is 2.39. The normalized spacial score (nSPS) is 14.9. The standard InChI is InChI=1S/C28H29N3O5S2/c1-19(2)27-25(21-12-14-31(15-13-21)28(32)22-10-8-20(18-29)9-11-22)16-24(17-26(27)38(30,35)36)37(33,34)23-6-4-3-5-7-23/h3-11,16-17,19,21H,12-15H2,1-2H3,(H2,30,35,36). The van der Waals surface area contributed by atoms with Gasteiger partial charge in [0.2, 0.25) is 19.9 Å². The summed E-state index contributed by atoms with van der Waals surface area (Å²) in [6.07, 6.45) is 1.06. The van der Waals surface area contributed by atoms with Gasteiger partial charge < -0.3 is 4.90 Å². The number of sulfonamides is 1. The van der Waals surface area contributed by atoms with Crippen LogP contribution in [0, 0.1) is 11.3 Å². The topological polar surface area (TPSA) is 138 Å². The van der Waals surface area contributed by atoms with E-state index in [-0.39, 0.29) is 32.4 Å². The molecule has 3 aromatic carbocycles. The number of rotatable bonds is 6. The second-order valence-corrected chi connectivity index (χ2v) is 13.2. The van der Waals surface area contributed by atoms with Gasteiger partial charge in [-0.3, -0.25) is 4.79 Å². The summed E-state index contributed by atoms with van der Waals surface area (Å²) in [5, 5.41) is 14.6. The fraction of sp³-hybridized carbons (Fsp3) is 0.286. The third-order valence-corrected chi connectivity index (χ3v) is 9.58. The monoisotopic (exact) mass is 551 g/mol. The summed E-state index contributed by atoms with van der Waals surface area (Å²) in [6, 6.07) is 19.1. The zero-order valence-corrected chi connectivity index (χ0v) is 22.8. The highest BCUT2D eigenvalue weighted by atomic mass is 32.2. The average molecular weight is 552 g/mol. The number of hydrogen-bond donors (Lipinski definition) is 1. The van der Waals surface area contributed by atoms with Gasteiger partial charge in [0.25, 0.3) is 5.91 Å². The number of sulfone groups is 1.